The molecule has 21 heavy (non-hydrogen) atoms. The fourth-order valence-electron chi connectivity index (χ4n) is 2.07. The summed E-state index contributed by atoms with van der Waals surface area (Å²) in [6.07, 6.45) is 1.76. The molecule has 1 N–H and O–H groups in total. The molecule has 0 bridgehead atoms. The summed E-state index contributed by atoms with van der Waals surface area (Å²) in [5.41, 5.74) is 0. The van der Waals surface area contributed by atoms with Crippen LogP contribution in [0.15, 0.2) is 54.7 Å². The number of carbonyl (C=O) groups excluding carboxylic acids is 1. The lowest BCUT2D eigenvalue weighted by molar-refractivity contribution is -0.118. The van der Waals surface area contributed by atoms with Crippen LogP contribution >= 0.6 is 0 Å². The van der Waals surface area contributed by atoms with E-state index in [4.69, 9.17) is 4.74 Å². The van der Waals surface area contributed by atoms with E-state index < -0.39 is 0 Å². The van der Waals surface area contributed by atoms with Crippen molar-refractivity contribution < 1.29 is 9.53 Å². The molecule has 5 heteroatoms. The second-order valence-electron chi connectivity index (χ2n) is 4.72. The molecule has 106 valence electrons. The van der Waals surface area contributed by atoms with Crippen LogP contribution in [0, 0.1) is 0 Å². The number of aryl methyl sites for hydroxylation is 1. The fourth-order valence-corrected chi connectivity index (χ4v) is 2.07. The molecule has 5 nitrogen and oxygen atoms in total. The zero-order valence-corrected chi connectivity index (χ0v) is 11.6. The molecule has 1 amide bonds. The van der Waals surface area contributed by atoms with Crippen LogP contribution in [0.2, 0.25) is 0 Å². The molecule has 3 rings (SSSR count). The van der Waals surface area contributed by atoms with Gasteiger partial charge in [0.1, 0.15) is 5.75 Å². The zero-order chi connectivity index (χ0) is 14.7. The van der Waals surface area contributed by atoms with Crippen molar-refractivity contribution in [1.82, 2.24) is 9.78 Å². The normalized spacial score (nSPS) is 10.5. The average molecular weight is 281 g/mol. The molecule has 0 fully saturated rings. The first-order chi connectivity index (χ1) is 10.2. The minimum atomic E-state index is -0.234. The third kappa shape index (κ3) is 3.20. The summed E-state index contributed by atoms with van der Waals surface area (Å²) >= 11 is 0. The number of rotatable bonds is 4. The van der Waals surface area contributed by atoms with E-state index in [1.807, 2.05) is 42.5 Å². The second kappa shape index (κ2) is 5.66. The molecule has 1 aromatic heterocycles. The SMILES string of the molecule is Cn1ccc(NC(=O)COc2ccc3ccccc3c2)n1. The summed E-state index contributed by atoms with van der Waals surface area (Å²) in [6.45, 7) is -0.0467. The highest BCUT2D eigenvalue weighted by molar-refractivity contribution is 5.91. The lowest BCUT2D eigenvalue weighted by atomic mass is 10.1. The highest BCUT2D eigenvalue weighted by atomic mass is 16.5. The maximum absolute atomic E-state index is 11.8. The summed E-state index contributed by atoms with van der Waals surface area (Å²) in [4.78, 5) is 11.8. The molecule has 0 aliphatic carbocycles. The fraction of sp³-hybridized carbons (Fsp3) is 0.125. The number of nitrogens with zero attached hydrogens (tertiary/aromatic N) is 2. The molecule has 0 saturated carbocycles. The molecular weight excluding hydrogens is 266 g/mol. The van der Waals surface area contributed by atoms with E-state index in [-0.39, 0.29) is 12.5 Å². The summed E-state index contributed by atoms with van der Waals surface area (Å²) in [5, 5.41) is 8.97. The maximum atomic E-state index is 11.8. The summed E-state index contributed by atoms with van der Waals surface area (Å²) < 4.78 is 7.13. The number of anilines is 1. The monoisotopic (exact) mass is 281 g/mol. The van der Waals surface area contributed by atoms with Crippen LogP contribution < -0.4 is 10.1 Å². The van der Waals surface area contributed by atoms with Gasteiger partial charge < -0.3 is 10.1 Å². The molecule has 1 heterocycles. The highest BCUT2D eigenvalue weighted by Gasteiger charge is 2.06. The lowest BCUT2D eigenvalue weighted by Gasteiger charge is -2.07. The lowest BCUT2D eigenvalue weighted by Crippen LogP contribution is -2.20. The number of ether oxygens (including phenoxy) is 1. The molecule has 0 unspecified atom stereocenters. The molecule has 0 atom stereocenters. The Morgan fingerprint density at radius 1 is 1.19 bits per heavy atom. The average Bonchev–Trinajstić information content (AvgIpc) is 2.90. The van der Waals surface area contributed by atoms with Gasteiger partial charge in [-0.2, -0.15) is 5.10 Å². The smallest absolute Gasteiger partial charge is 0.263 e. The van der Waals surface area contributed by atoms with Crippen molar-refractivity contribution >= 4 is 22.5 Å². The number of nitrogens with one attached hydrogen (secondary N) is 1. The Balaban J connectivity index is 1.61. The Labute approximate surface area is 122 Å². The van der Waals surface area contributed by atoms with Gasteiger partial charge in [-0.1, -0.05) is 30.3 Å². The molecule has 0 saturated heterocycles. The first kappa shape index (κ1) is 13.2. The van der Waals surface area contributed by atoms with Crippen molar-refractivity contribution in [3.63, 3.8) is 0 Å². The van der Waals surface area contributed by atoms with Gasteiger partial charge in [-0.15, -0.1) is 0 Å². The molecule has 3 aromatic rings. The maximum Gasteiger partial charge on any atom is 0.263 e. The van der Waals surface area contributed by atoms with Gasteiger partial charge in [0.05, 0.1) is 0 Å². The number of fused-ring (bicyclic) bond motifs is 1. The van der Waals surface area contributed by atoms with Gasteiger partial charge in [0.2, 0.25) is 0 Å². The molecule has 2 aromatic carbocycles. The summed E-state index contributed by atoms with van der Waals surface area (Å²) in [6, 6.07) is 15.5. The topological polar surface area (TPSA) is 56.2 Å². The number of benzene rings is 2. The zero-order valence-electron chi connectivity index (χ0n) is 11.6. The van der Waals surface area contributed by atoms with Crippen LogP contribution in [-0.4, -0.2) is 22.3 Å². The second-order valence-corrected chi connectivity index (χ2v) is 4.72. The first-order valence-electron chi connectivity index (χ1n) is 6.62. The van der Waals surface area contributed by atoms with Gasteiger partial charge in [-0.3, -0.25) is 9.48 Å². The van der Waals surface area contributed by atoms with Gasteiger partial charge in [0, 0.05) is 19.3 Å². The standard InChI is InChI=1S/C16H15N3O2/c1-19-9-8-15(18-19)17-16(20)11-21-14-7-6-12-4-2-3-5-13(12)10-14/h2-10H,11H2,1H3,(H,17,18,20). The van der Waals surface area contributed by atoms with E-state index in [9.17, 15) is 4.79 Å². The van der Waals surface area contributed by atoms with Crippen molar-refractivity contribution in [2.75, 3.05) is 11.9 Å². The van der Waals surface area contributed by atoms with Crippen LogP contribution in [0.5, 0.6) is 5.75 Å². The number of carbonyl (C=O) groups is 1. The van der Waals surface area contributed by atoms with Crippen molar-refractivity contribution in [2.45, 2.75) is 0 Å². The molecular formula is C16H15N3O2. The van der Waals surface area contributed by atoms with Crippen LogP contribution in [0.3, 0.4) is 0 Å². The predicted molar refractivity (Wildman–Crippen MR) is 81.3 cm³/mol. The molecule has 0 aliphatic rings. The largest absolute Gasteiger partial charge is 0.484 e. The van der Waals surface area contributed by atoms with E-state index >= 15 is 0 Å². The van der Waals surface area contributed by atoms with Crippen molar-refractivity contribution in [2.24, 2.45) is 7.05 Å². The third-order valence-electron chi connectivity index (χ3n) is 3.07. The predicted octanol–water partition coefficient (Wildman–Crippen LogP) is 2.59. The Morgan fingerprint density at radius 3 is 2.76 bits per heavy atom. The van der Waals surface area contributed by atoms with Crippen LogP contribution in [-0.2, 0) is 11.8 Å². The minimum Gasteiger partial charge on any atom is -0.484 e. The number of hydrogen-bond donors (Lipinski definition) is 1. The Hall–Kier alpha value is -2.82. The molecule has 0 spiro atoms. The Morgan fingerprint density at radius 2 is 2.00 bits per heavy atom. The number of amides is 1. The van der Waals surface area contributed by atoms with Crippen molar-refractivity contribution in [3.8, 4) is 5.75 Å². The van der Waals surface area contributed by atoms with Crippen molar-refractivity contribution in [1.29, 1.82) is 0 Å². The van der Waals surface area contributed by atoms with Gasteiger partial charge in [-0.05, 0) is 22.9 Å². The number of aromatic nitrogens is 2. The van der Waals surface area contributed by atoms with Gasteiger partial charge in [0.15, 0.2) is 12.4 Å². The quantitative estimate of drug-likeness (QED) is 0.799. The molecule has 0 aliphatic heterocycles. The Kier molecular flexibility index (Phi) is 3.55. The van der Waals surface area contributed by atoms with Crippen LogP contribution in [0.4, 0.5) is 5.82 Å². The highest BCUT2D eigenvalue weighted by Crippen LogP contribution is 2.20. The van der Waals surface area contributed by atoms with E-state index in [0.717, 1.165) is 10.8 Å². The van der Waals surface area contributed by atoms with E-state index in [1.165, 1.54) is 0 Å². The van der Waals surface area contributed by atoms with E-state index in [2.05, 4.69) is 10.4 Å². The van der Waals surface area contributed by atoms with E-state index in [1.54, 1.807) is 24.0 Å². The minimum absolute atomic E-state index is 0.0467. The van der Waals surface area contributed by atoms with Crippen LogP contribution in [0.1, 0.15) is 0 Å². The van der Waals surface area contributed by atoms with Crippen LogP contribution in [0.25, 0.3) is 10.8 Å². The van der Waals surface area contributed by atoms with Crippen molar-refractivity contribution in [3.05, 3.63) is 54.7 Å². The third-order valence-corrected chi connectivity index (χ3v) is 3.07. The van der Waals surface area contributed by atoms with Gasteiger partial charge in [0.25, 0.3) is 5.91 Å². The number of hydrogen-bond acceptors (Lipinski definition) is 3. The van der Waals surface area contributed by atoms with Gasteiger partial charge >= 0.3 is 0 Å². The summed E-state index contributed by atoms with van der Waals surface area (Å²) in [7, 11) is 1.79. The Bertz CT molecular complexity index is 780. The van der Waals surface area contributed by atoms with E-state index in [0.29, 0.717) is 11.6 Å². The van der Waals surface area contributed by atoms with Gasteiger partial charge in [-0.25, -0.2) is 0 Å². The summed E-state index contributed by atoms with van der Waals surface area (Å²) in [5.74, 6) is 0.955. The molecule has 0 radical (unpaired) electrons. The first-order valence-corrected chi connectivity index (χ1v) is 6.62.